The molecule has 2 aromatic rings. The number of phenolic OH excluding ortho intramolecular Hbond substituents is 1. The molecule has 3 N–H and O–H groups in total. The van der Waals surface area contributed by atoms with E-state index in [1.54, 1.807) is 24.3 Å². The number of aliphatic imine (C=N–C) groups is 1. The Morgan fingerprint density at radius 1 is 1.24 bits per heavy atom. The summed E-state index contributed by atoms with van der Waals surface area (Å²) >= 11 is 5.96. The van der Waals surface area contributed by atoms with Gasteiger partial charge in [-0.2, -0.15) is 0 Å². The Bertz CT molecular complexity index is 703. The number of phenols is 1. The number of anilines is 1. The van der Waals surface area contributed by atoms with E-state index < -0.39 is 0 Å². The largest absolute Gasteiger partial charge is 0.506 e. The smallest absolute Gasteiger partial charge is 0.196 e. The monoisotopic (exact) mass is 305 g/mol. The molecule has 1 aliphatic rings. The number of nitrogens with two attached hydrogens (primary N) is 1. The zero-order chi connectivity index (χ0) is 15.0. The van der Waals surface area contributed by atoms with E-state index in [0.717, 1.165) is 11.3 Å². The van der Waals surface area contributed by atoms with Crippen LogP contribution < -0.4 is 10.6 Å². The first-order valence-electron chi connectivity index (χ1n) is 6.39. The van der Waals surface area contributed by atoms with Crippen LogP contribution in [0, 0.1) is 5.82 Å². The maximum Gasteiger partial charge on any atom is 0.196 e. The minimum atomic E-state index is -0.308. The van der Waals surface area contributed by atoms with Crippen molar-refractivity contribution in [3.05, 3.63) is 58.9 Å². The van der Waals surface area contributed by atoms with Crippen molar-refractivity contribution in [3.8, 4) is 5.75 Å². The molecule has 0 aromatic heterocycles. The molecule has 2 aromatic carbocycles. The third-order valence-corrected chi connectivity index (χ3v) is 3.75. The fourth-order valence-electron chi connectivity index (χ4n) is 2.40. The van der Waals surface area contributed by atoms with Crippen LogP contribution in [0.2, 0.25) is 5.02 Å². The molecule has 3 rings (SSSR count). The lowest BCUT2D eigenvalue weighted by molar-refractivity contribution is 0.475. The number of rotatable bonds is 2. The average molecular weight is 306 g/mol. The molecule has 4 nitrogen and oxygen atoms in total. The van der Waals surface area contributed by atoms with Crippen molar-refractivity contribution in [1.29, 1.82) is 0 Å². The summed E-state index contributed by atoms with van der Waals surface area (Å²) < 4.78 is 13.1. The number of guanidine groups is 1. The fourth-order valence-corrected chi connectivity index (χ4v) is 2.59. The normalized spacial score (nSPS) is 17.9. The highest BCUT2D eigenvalue weighted by atomic mass is 35.5. The van der Waals surface area contributed by atoms with Crippen LogP contribution in [0.5, 0.6) is 5.75 Å². The molecular formula is C15H13ClFN3O. The van der Waals surface area contributed by atoms with E-state index in [4.69, 9.17) is 17.3 Å². The number of benzene rings is 2. The van der Waals surface area contributed by atoms with Crippen molar-refractivity contribution in [3.63, 3.8) is 0 Å². The van der Waals surface area contributed by atoms with Crippen molar-refractivity contribution >= 4 is 23.2 Å². The molecule has 1 atom stereocenters. The fraction of sp³-hybridized carbons (Fsp3) is 0.133. The van der Waals surface area contributed by atoms with Gasteiger partial charge in [-0.05, 0) is 42.0 Å². The average Bonchev–Trinajstić information content (AvgIpc) is 2.85. The Labute approximate surface area is 126 Å². The van der Waals surface area contributed by atoms with Crippen LogP contribution in [-0.2, 0) is 0 Å². The van der Waals surface area contributed by atoms with E-state index in [-0.39, 0.29) is 22.6 Å². The van der Waals surface area contributed by atoms with Gasteiger partial charge in [-0.1, -0.05) is 17.7 Å². The van der Waals surface area contributed by atoms with Gasteiger partial charge in [0.25, 0.3) is 0 Å². The molecule has 21 heavy (non-hydrogen) atoms. The van der Waals surface area contributed by atoms with Crippen molar-refractivity contribution in [2.75, 3.05) is 11.4 Å². The van der Waals surface area contributed by atoms with E-state index in [1.807, 2.05) is 4.90 Å². The zero-order valence-corrected chi connectivity index (χ0v) is 11.8. The molecule has 1 heterocycles. The lowest BCUT2D eigenvalue weighted by Gasteiger charge is -2.26. The predicted octanol–water partition coefficient (Wildman–Crippen LogP) is 3.06. The number of aromatic hydroxyl groups is 1. The van der Waals surface area contributed by atoms with Crippen molar-refractivity contribution in [2.24, 2.45) is 10.7 Å². The maximum atomic E-state index is 13.1. The van der Waals surface area contributed by atoms with Crippen molar-refractivity contribution in [2.45, 2.75) is 6.04 Å². The SMILES string of the molecule is NC1=NCC(c2ccc(O)c(Cl)c2)N1c1ccc(F)cc1. The highest BCUT2D eigenvalue weighted by Crippen LogP contribution is 2.34. The molecule has 0 saturated carbocycles. The van der Waals surface area contributed by atoms with E-state index in [0.29, 0.717) is 12.5 Å². The van der Waals surface area contributed by atoms with Crippen LogP contribution in [0.15, 0.2) is 47.5 Å². The molecular weight excluding hydrogens is 293 g/mol. The first-order valence-corrected chi connectivity index (χ1v) is 6.77. The molecule has 0 saturated heterocycles. The summed E-state index contributed by atoms with van der Waals surface area (Å²) in [7, 11) is 0. The lowest BCUT2D eigenvalue weighted by Crippen LogP contribution is -2.36. The summed E-state index contributed by atoms with van der Waals surface area (Å²) in [6.07, 6.45) is 0. The van der Waals surface area contributed by atoms with Crippen LogP contribution in [0.25, 0.3) is 0 Å². The standard InChI is InChI=1S/C15H13ClFN3O/c16-12-7-9(1-6-14(12)21)13-8-19-15(18)20(13)11-4-2-10(17)3-5-11/h1-7,13,21H,8H2,(H2,18,19). The van der Waals surface area contributed by atoms with Crippen molar-refractivity contribution < 1.29 is 9.50 Å². The first-order chi connectivity index (χ1) is 10.1. The van der Waals surface area contributed by atoms with Gasteiger partial charge in [-0.3, -0.25) is 4.99 Å². The van der Waals surface area contributed by atoms with Gasteiger partial charge in [0.05, 0.1) is 17.6 Å². The van der Waals surface area contributed by atoms with Gasteiger partial charge in [0.15, 0.2) is 5.96 Å². The van der Waals surface area contributed by atoms with Gasteiger partial charge in [0, 0.05) is 5.69 Å². The molecule has 0 radical (unpaired) electrons. The second kappa shape index (κ2) is 5.26. The predicted molar refractivity (Wildman–Crippen MR) is 81.2 cm³/mol. The highest BCUT2D eigenvalue weighted by molar-refractivity contribution is 6.32. The molecule has 1 aliphatic heterocycles. The van der Waals surface area contributed by atoms with Gasteiger partial charge in [0.2, 0.25) is 0 Å². The summed E-state index contributed by atoms with van der Waals surface area (Å²) in [4.78, 5) is 6.07. The number of hydrogen-bond acceptors (Lipinski definition) is 4. The summed E-state index contributed by atoms with van der Waals surface area (Å²) in [6.45, 7) is 0.477. The number of halogens is 2. The zero-order valence-electron chi connectivity index (χ0n) is 11.0. The summed E-state index contributed by atoms with van der Waals surface area (Å²) in [5.41, 5.74) is 7.58. The molecule has 0 bridgehead atoms. The van der Waals surface area contributed by atoms with Crippen LogP contribution in [0.1, 0.15) is 11.6 Å². The third-order valence-electron chi connectivity index (χ3n) is 3.45. The highest BCUT2D eigenvalue weighted by Gasteiger charge is 2.29. The second-order valence-corrected chi connectivity index (χ2v) is 5.18. The van der Waals surface area contributed by atoms with E-state index in [1.165, 1.54) is 18.2 Å². The van der Waals surface area contributed by atoms with Gasteiger partial charge >= 0.3 is 0 Å². The molecule has 0 aliphatic carbocycles. The second-order valence-electron chi connectivity index (χ2n) is 4.77. The molecule has 108 valence electrons. The molecule has 0 spiro atoms. The minimum absolute atomic E-state index is 0.0284. The third kappa shape index (κ3) is 2.52. The van der Waals surface area contributed by atoms with Gasteiger partial charge in [-0.15, -0.1) is 0 Å². The van der Waals surface area contributed by atoms with Gasteiger partial charge < -0.3 is 15.7 Å². The molecule has 0 fully saturated rings. The summed E-state index contributed by atoms with van der Waals surface area (Å²) in [5, 5.41) is 9.79. The molecule has 0 amide bonds. The van der Waals surface area contributed by atoms with Crippen LogP contribution >= 0.6 is 11.6 Å². The molecule has 6 heteroatoms. The van der Waals surface area contributed by atoms with E-state index in [2.05, 4.69) is 4.99 Å². The number of hydrogen-bond donors (Lipinski definition) is 2. The Morgan fingerprint density at radius 3 is 2.62 bits per heavy atom. The Hall–Kier alpha value is -2.27. The Kier molecular flexibility index (Phi) is 3.43. The maximum absolute atomic E-state index is 13.1. The van der Waals surface area contributed by atoms with E-state index >= 15 is 0 Å². The first kappa shape index (κ1) is 13.7. The summed E-state index contributed by atoms with van der Waals surface area (Å²) in [5.74, 6) is 0.0918. The molecule has 1 unspecified atom stereocenters. The van der Waals surface area contributed by atoms with E-state index in [9.17, 15) is 9.50 Å². The quantitative estimate of drug-likeness (QED) is 0.896. The topological polar surface area (TPSA) is 61.9 Å². The van der Waals surface area contributed by atoms with Crippen LogP contribution in [-0.4, -0.2) is 17.6 Å². The lowest BCUT2D eigenvalue weighted by atomic mass is 10.1. The minimum Gasteiger partial charge on any atom is -0.506 e. The Morgan fingerprint density at radius 2 is 1.95 bits per heavy atom. The van der Waals surface area contributed by atoms with Crippen LogP contribution in [0.3, 0.4) is 0 Å². The van der Waals surface area contributed by atoms with Gasteiger partial charge in [-0.25, -0.2) is 4.39 Å². The van der Waals surface area contributed by atoms with Gasteiger partial charge in [0.1, 0.15) is 11.6 Å². The summed E-state index contributed by atoms with van der Waals surface area (Å²) in [6, 6.07) is 10.9. The number of nitrogens with zero attached hydrogens (tertiary/aromatic N) is 2. The Balaban J connectivity index is 1.98. The van der Waals surface area contributed by atoms with Crippen molar-refractivity contribution in [1.82, 2.24) is 0 Å². The van der Waals surface area contributed by atoms with Crippen LogP contribution in [0.4, 0.5) is 10.1 Å².